The van der Waals surface area contributed by atoms with Crippen LogP contribution in [0.3, 0.4) is 0 Å². The molecule has 0 unspecified atom stereocenters. The lowest BCUT2D eigenvalue weighted by Gasteiger charge is -2.07. The van der Waals surface area contributed by atoms with E-state index in [-0.39, 0.29) is 5.28 Å². The van der Waals surface area contributed by atoms with Gasteiger partial charge in [0.25, 0.3) is 0 Å². The maximum atomic E-state index is 6.08. The molecule has 3 nitrogen and oxygen atoms in total. The fourth-order valence-corrected chi connectivity index (χ4v) is 2.18. The van der Waals surface area contributed by atoms with Crippen LogP contribution >= 0.6 is 45.8 Å². The molecule has 0 radical (unpaired) electrons. The van der Waals surface area contributed by atoms with Gasteiger partial charge >= 0.3 is 0 Å². The highest BCUT2D eigenvalue weighted by atomic mass is 127. The summed E-state index contributed by atoms with van der Waals surface area (Å²) < 4.78 is 1.08. The Morgan fingerprint density at radius 1 is 1.19 bits per heavy atom. The number of aromatic nitrogens is 2. The summed E-state index contributed by atoms with van der Waals surface area (Å²) in [6, 6.07) is 7.44. The van der Waals surface area contributed by atoms with Crippen molar-refractivity contribution >= 4 is 57.3 Å². The average Bonchev–Trinajstić information content (AvgIpc) is 2.22. The molecule has 2 rings (SSSR count). The van der Waals surface area contributed by atoms with Crippen molar-refractivity contribution in [2.45, 2.75) is 0 Å². The summed E-state index contributed by atoms with van der Waals surface area (Å²) in [5.41, 5.74) is 0.789. The first kappa shape index (κ1) is 11.9. The first-order valence-electron chi connectivity index (χ1n) is 4.36. The molecule has 0 saturated carbocycles. The third kappa shape index (κ3) is 2.96. The van der Waals surface area contributed by atoms with E-state index in [0.29, 0.717) is 10.8 Å². The average molecular weight is 366 g/mol. The van der Waals surface area contributed by atoms with Crippen LogP contribution in [0.4, 0.5) is 11.5 Å². The lowest BCUT2D eigenvalue weighted by atomic mass is 10.3. The molecule has 0 aliphatic carbocycles. The molecule has 1 heterocycles. The first-order valence-corrected chi connectivity index (χ1v) is 6.19. The fraction of sp³-hybridized carbons (Fsp3) is 0. The number of nitrogens with one attached hydrogen (secondary N) is 1. The monoisotopic (exact) mass is 365 g/mol. The predicted molar refractivity (Wildman–Crippen MR) is 74.5 cm³/mol. The topological polar surface area (TPSA) is 37.8 Å². The van der Waals surface area contributed by atoms with Crippen molar-refractivity contribution < 1.29 is 0 Å². The molecule has 0 atom stereocenters. The Bertz CT molecular complexity index is 519. The van der Waals surface area contributed by atoms with Gasteiger partial charge < -0.3 is 5.32 Å². The molecule has 0 aliphatic heterocycles. The van der Waals surface area contributed by atoms with Crippen LogP contribution in [0, 0.1) is 3.57 Å². The highest BCUT2D eigenvalue weighted by molar-refractivity contribution is 14.1. The van der Waals surface area contributed by atoms with Gasteiger partial charge in [-0.2, -0.15) is 0 Å². The van der Waals surface area contributed by atoms with E-state index in [2.05, 4.69) is 37.9 Å². The zero-order chi connectivity index (χ0) is 11.5. The van der Waals surface area contributed by atoms with Crippen molar-refractivity contribution in [3.05, 3.63) is 44.3 Å². The maximum absolute atomic E-state index is 6.08. The minimum Gasteiger partial charge on any atom is -0.339 e. The number of hydrogen-bond donors (Lipinski definition) is 1. The van der Waals surface area contributed by atoms with E-state index >= 15 is 0 Å². The standard InChI is InChI=1S/C10H6Cl2IN3/c11-7-5-6(13)1-2-8(7)15-9-3-4-14-10(12)16-9/h1-5H,(H,14,15,16). The van der Waals surface area contributed by atoms with Gasteiger partial charge in [-0.3, -0.25) is 0 Å². The Morgan fingerprint density at radius 3 is 2.69 bits per heavy atom. The summed E-state index contributed by atoms with van der Waals surface area (Å²) in [5, 5.41) is 3.91. The van der Waals surface area contributed by atoms with E-state index in [0.717, 1.165) is 9.26 Å². The Morgan fingerprint density at radius 2 is 2.00 bits per heavy atom. The second-order valence-electron chi connectivity index (χ2n) is 2.96. The molecule has 0 fully saturated rings. The van der Waals surface area contributed by atoms with Crippen molar-refractivity contribution in [1.29, 1.82) is 0 Å². The van der Waals surface area contributed by atoms with Gasteiger partial charge in [-0.15, -0.1) is 0 Å². The molecule has 16 heavy (non-hydrogen) atoms. The van der Waals surface area contributed by atoms with E-state index in [1.54, 1.807) is 12.3 Å². The molecular formula is C10H6Cl2IN3. The largest absolute Gasteiger partial charge is 0.339 e. The number of halogens is 3. The molecule has 1 N–H and O–H groups in total. The van der Waals surface area contributed by atoms with E-state index in [9.17, 15) is 0 Å². The number of nitrogens with zero attached hydrogens (tertiary/aromatic N) is 2. The highest BCUT2D eigenvalue weighted by Crippen LogP contribution is 2.26. The second kappa shape index (κ2) is 5.16. The molecule has 0 bridgehead atoms. The van der Waals surface area contributed by atoms with E-state index in [1.807, 2.05) is 18.2 Å². The molecule has 0 saturated heterocycles. The van der Waals surface area contributed by atoms with Crippen molar-refractivity contribution in [2.75, 3.05) is 5.32 Å². The lowest BCUT2D eigenvalue weighted by Crippen LogP contribution is -1.95. The van der Waals surface area contributed by atoms with Crippen molar-refractivity contribution in [3.8, 4) is 0 Å². The second-order valence-corrected chi connectivity index (χ2v) is 4.95. The van der Waals surface area contributed by atoms with Gasteiger partial charge in [0.2, 0.25) is 5.28 Å². The van der Waals surface area contributed by atoms with Crippen LogP contribution in [0.1, 0.15) is 0 Å². The van der Waals surface area contributed by atoms with Crippen LogP contribution in [-0.4, -0.2) is 9.97 Å². The Hall–Kier alpha value is -0.590. The van der Waals surface area contributed by atoms with Crippen molar-refractivity contribution in [3.63, 3.8) is 0 Å². The normalized spacial score (nSPS) is 10.2. The van der Waals surface area contributed by atoms with Crippen LogP contribution < -0.4 is 5.32 Å². The summed E-state index contributed by atoms with van der Waals surface area (Å²) in [4.78, 5) is 7.81. The van der Waals surface area contributed by atoms with Crippen LogP contribution in [0.5, 0.6) is 0 Å². The number of anilines is 2. The molecule has 0 spiro atoms. The van der Waals surface area contributed by atoms with Crippen molar-refractivity contribution in [1.82, 2.24) is 9.97 Å². The van der Waals surface area contributed by atoms with Crippen LogP contribution in [-0.2, 0) is 0 Å². The first-order chi connectivity index (χ1) is 7.65. The summed E-state index contributed by atoms with van der Waals surface area (Å²) in [7, 11) is 0. The molecule has 0 amide bonds. The highest BCUT2D eigenvalue weighted by Gasteiger charge is 2.02. The van der Waals surface area contributed by atoms with Gasteiger partial charge in [0.05, 0.1) is 10.7 Å². The quantitative estimate of drug-likeness (QED) is 0.642. The molecule has 0 aliphatic rings. The summed E-state index contributed by atoms with van der Waals surface area (Å²) in [5.74, 6) is 0.614. The summed E-state index contributed by atoms with van der Waals surface area (Å²) >= 11 is 14.0. The van der Waals surface area contributed by atoms with E-state index in [1.165, 1.54) is 0 Å². The molecule has 1 aromatic carbocycles. The summed E-state index contributed by atoms with van der Waals surface area (Å²) in [6.07, 6.45) is 1.58. The van der Waals surface area contributed by atoms with Gasteiger partial charge in [0.15, 0.2) is 0 Å². The zero-order valence-corrected chi connectivity index (χ0v) is 11.6. The number of rotatable bonds is 2. The smallest absolute Gasteiger partial charge is 0.224 e. The minimum atomic E-state index is 0.201. The van der Waals surface area contributed by atoms with Crippen LogP contribution in [0.2, 0.25) is 10.3 Å². The van der Waals surface area contributed by atoms with Gasteiger partial charge in [0.1, 0.15) is 5.82 Å². The number of benzene rings is 1. The molecular weight excluding hydrogens is 360 g/mol. The van der Waals surface area contributed by atoms with Gasteiger partial charge in [-0.1, -0.05) is 11.6 Å². The molecule has 82 valence electrons. The van der Waals surface area contributed by atoms with E-state index < -0.39 is 0 Å². The van der Waals surface area contributed by atoms with Crippen molar-refractivity contribution in [2.24, 2.45) is 0 Å². The predicted octanol–water partition coefficient (Wildman–Crippen LogP) is 4.13. The summed E-state index contributed by atoms with van der Waals surface area (Å²) in [6.45, 7) is 0. The Kier molecular flexibility index (Phi) is 3.83. The fourth-order valence-electron chi connectivity index (χ4n) is 1.13. The molecule has 6 heteroatoms. The molecule has 2 aromatic rings. The lowest BCUT2D eigenvalue weighted by molar-refractivity contribution is 1.17. The van der Waals surface area contributed by atoms with Gasteiger partial charge in [-0.05, 0) is 58.5 Å². The zero-order valence-electron chi connectivity index (χ0n) is 7.92. The third-order valence-corrected chi connectivity index (χ3v) is 2.99. The minimum absolute atomic E-state index is 0.201. The van der Waals surface area contributed by atoms with Gasteiger partial charge in [0, 0.05) is 9.77 Å². The third-order valence-electron chi connectivity index (χ3n) is 1.82. The number of hydrogen-bond acceptors (Lipinski definition) is 3. The van der Waals surface area contributed by atoms with E-state index in [4.69, 9.17) is 23.2 Å². The Labute approximate surface area is 116 Å². The molecule has 1 aromatic heterocycles. The Balaban J connectivity index is 2.27. The SMILES string of the molecule is Clc1nccc(Nc2ccc(I)cc2Cl)n1. The van der Waals surface area contributed by atoms with Gasteiger partial charge in [-0.25, -0.2) is 9.97 Å². The van der Waals surface area contributed by atoms with Crippen LogP contribution in [0.25, 0.3) is 0 Å². The van der Waals surface area contributed by atoms with Crippen LogP contribution in [0.15, 0.2) is 30.5 Å². The maximum Gasteiger partial charge on any atom is 0.224 e.